The first-order valence-corrected chi connectivity index (χ1v) is 9.26. The number of anilines is 1. The maximum absolute atomic E-state index is 12.7. The second-order valence-corrected chi connectivity index (χ2v) is 6.78. The van der Waals surface area contributed by atoms with Crippen LogP contribution in [0.5, 0.6) is 11.5 Å². The van der Waals surface area contributed by atoms with E-state index >= 15 is 0 Å². The summed E-state index contributed by atoms with van der Waals surface area (Å²) in [5.41, 5.74) is -0.525. The number of carbonyl (C=O) groups is 2. The third-order valence-electron chi connectivity index (χ3n) is 3.83. The molecule has 0 saturated heterocycles. The number of alkyl halides is 3. The maximum atomic E-state index is 12.7. The molecule has 0 radical (unpaired) electrons. The molecule has 1 heterocycles. The highest BCUT2D eigenvalue weighted by atomic mass is 35.5. The highest BCUT2D eigenvalue weighted by Gasteiger charge is 2.31. The Morgan fingerprint density at radius 1 is 1.00 bits per heavy atom. The Kier molecular flexibility index (Phi) is 6.67. The zero-order valence-corrected chi connectivity index (χ0v) is 16.8. The van der Waals surface area contributed by atoms with Crippen molar-refractivity contribution in [2.45, 2.75) is 6.18 Å². The molecule has 0 aliphatic carbocycles. The zero-order chi connectivity index (χ0) is 22.6. The topological polar surface area (TPSA) is 80.3 Å². The van der Waals surface area contributed by atoms with Crippen molar-refractivity contribution in [1.82, 2.24) is 10.3 Å². The Hall–Kier alpha value is -3.30. The predicted octanol–water partition coefficient (Wildman–Crippen LogP) is 6.16. The molecule has 0 saturated carbocycles. The molecule has 0 fully saturated rings. The molecule has 2 aromatic carbocycles. The first-order chi connectivity index (χ1) is 14.6. The summed E-state index contributed by atoms with van der Waals surface area (Å²) in [7, 11) is 0. The van der Waals surface area contributed by atoms with E-state index in [9.17, 15) is 22.8 Å². The van der Waals surface area contributed by atoms with Crippen molar-refractivity contribution in [1.29, 1.82) is 0 Å². The lowest BCUT2D eigenvalue weighted by atomic mass is 10.2. The molecular weight excluding hydrogens is 458 g/mol. The summed E-state index contributed by atoms with van der Waals surface area (Å²) in [5.74, 6) is -0.426. The van der Waals surface area contributed by atoms with Crippen LogP contribution in [0.15, 0.2) is 60.8 Å². The van der Waals surface area contributed by atoms with Gasteiger partial charge < -0.3 is 10.1 Å². The van der Waals surface area contributed by atoms with E-state index in [1.54, 1.807) is 0 Å². The van der Waals surface area contributed by atoms with Crippen molar-refractivity contribution < 1.29 is 27.5 Å². The van der Waals surface area contributed by atoms with Crippen LogP contribution < -0.4 is 15.4 Å². The van der Waals surface area contributed by atoms with Crippen molar-refractivity contribution >= 4 is 40.8 Å². The van der Waals surface area contributed by atoms with Gasteiger partial charge in [0.25, 0.3) is 5.91 Å². The SMILES string of the molecule is O=C(NC(=O)c1cccnc1Cl)Nc1ccc(Oc2ccc(C(F)(F)F)cc2Cl)cc1. The Balaban J connectivity index is 1.61. The molecule has 3 aromatic rings. The van der Waals surface area contributed by atoms with Gasteiger partial charge >= 0.3 is 12.2 Å². The number of aromatic nitrogens is 1. The van der Waals surface area contributed by atoms with Crippen LogP contribution in [-0.4, -0.2) is 16.9 Å². The minimum atomic E-state index is -4.51. The zero-order valence-electron chi connectivity index (χ0n) is 15.3. The molecule has 0 spiro atoms. The van der Waals surface area contributed by atoms with Crippen LogP contribution >= 0.6 is 23.2 Å². The molecule has 160 valence electrons. The van der Waals surface area contributed by atoms with Gasteiger partial charge in [-0.1, -0.05) is 23.2 Å². The van der Waals surface area contributed by atoms with E-state index in [0.29, 0.717) is 5.69 Å². The lowest BCUT2D eigenvalue weighted by Gasteiger charge is -2.12. The summed E-state index contributed by atoms with van der Waals surface area (Å²) in [5, 5.41) is 4.31. The summed E-state index contributed by atoms with van der Waals surface area (Å²) in [6, 6.07) is 10.7. The quantitative estimate of drug-likeness (QED) is 0.448. The second-order valence-electron chi connectivity index (χ2n) is 6.02. The fourth-order valence-electron chi connectivity index (χ4n) is 2.38. The number of carbonyl (C=O) groups excluding carboxylic acids is 2. The highest BCUT2D eigenvalue weighted by Crippen LogP contribution is 2.36. The van der Waals surface area contributed by atoms with E-state index in [0.717, 1.165) is 18.2 Å². The molecule has 0 bridgehead atoms. The van der Waals surface area contributed by atoms with Crippen LogP contribution in [0, 0.1) is 0 Å². The van der Waals surface area contributed by atoms with Crippen molar-refractivity contribution in [3.8, 4) is 11.5 Å². The molecular formula is C20H12Cl2F3N3O3. The minimum Gasteiger partial charge on any atom is -0.456 e. The average Bonchev–Trinajstić information content (AvgIpc) is 2.70. The monoisotopic (exact) mass is 469 g/mol. The van der Waals surface area contributed by atoms with Crippen LogP contribution in [0.1, 0.15) is 15.9 Å². The Bertz CT molecular complexity index is 1120. The Labute approximate surface area is 183 Å². The van der Waals surface area contributed by atoms with Gasteiger partial charge in [-0.15, -0.1) is 0 Å². The molecule has 2 N–H and O–H groups in total. The number of imide groups is 1. The van der Waals surface area contributed by atoms with Gasteiger partial charge in [0.1, 0.15) is 16.7 Å². The number of benzene rings is 2. The van der Waals surface area contributed by atoms with E-state index in [-0.39, 0.29) is 27.2 Å². The molecule has 0 unspecified atom stereocenters. The molecule has 0 aliphatic heterocycles. The first-order valence-electron chi connectivity index (χ1n) is 8.51. The van der Waals surface area contributed by atoms with Gasteiger partial charge in [0.05, 0.1) is 16.1 Å². The average molecular weight is 470 g/mol. The van der Waals surface area contributed by atoms with Crippen molar-refractivity contribution in [3.63, 3.8) is 0 Å². The number of ether oxygens (including phenoxy) is 1. The standard InChI is InChI=1S/C20H12Cl2F3N3O3/c21-15-10-11(20(23,24)25)3-8-16(15)31-13-6-4-12(5-7-13)27-19(30)28-18(29)14-2-1-9-26-17(14)22/h1-10H,(H2,27,28,29,30). The Morgan fingerprint density at radius 3 is 2.32 bits per heavy atom. The van der Waals surface area contributed by atoms with Crippen LogP contribution in [0.4, 0.5) is 23.7 Å². The Morgan fingerprint density at radius 2 is 1.71 bits per heavy atom. The maximum Gasteiger partial charge on any atom is 0.416 e. The molecule has 11 heteroatoms. The number of hydrogen-bond acceptors (Lipinski definition) is 4. The van der Waals surface area contributed by atoms with Crippen LogP contribution in [-0.2, 0) is 6.18 Å². The molecule has 3 rings (SSSR count). The van der Waals surface area contributed by atoms with Crippen LogP contribution in [0.3, 0.4) is 0 Å². The molecule has 3 amide bonds. The van der Waals surface area contributed by atoms with E-state index < -0.39 is 23.7 Å². The van der Waals surface area contributed by atoms with Gasteiger partial charge in [-0.3, -0.25) is 10.1 Å². The van der Waals surface area contributed by atoms with E-state index in [1.165, 1.54) is 42.6 Å². The van der Waals surface area contributed by atoms with E-state index in [2.05, 4.69) is 15.6 Å². The molecule has 31 heavy (non-hydrogen) atoms. The summed E-state index contributed by atoms with van der Waals surface area (Å²) in [4.78, 5) is 27.8. The number of pyridine rings is 1. The van der Waals surface area contributed by atoms with Gasteiger partial charge in [0.15, 0.2) is 0 Å². The molecule has 0 atom stereocenters. The van der Waals surface area contributed by atoms with Crippen molar-refractivity contribution in [3.05, 3.63) is 82.1 Å². The summed E-state index contributed by atoms with van der Waals surface area (Å²) in [6.45, 7) is 0. The van der Waals surface area contributed by atoms with Gasteiger partial charge in [-0.05, 0) is 54.6 Å². The first kappa shape index (κ1) is 22.4. The predicted molar refractivity (Wildman–Crippen MR) is 109 cm³/mol. The minimum absolute atomic E-state index is 0.0343. The van der Waals surface area contributed by atoms with Crippen LogP contribution in [0.2, 0.25) is 10.2 Å². The number of hydrogen-bond donors (Lipinski definition) is 2. The summed E-state index contributed by atoms with van der Waals surface area (Å²) >= 11 is 11.7. The summed E-state index contributed by atoms with van der Waals surface area (Å²) < 4.78 is 43.6. The second kappa shape index (κ2) is 9.23. The third kappa shape index (κ3) is 5.87. The van der Waals surface area contributed by atoms with Crippen molar-refractivity contribution in [2.24, 2.45) is 0 Å². The lowest BCUT2D eigenvalue weighted by molar-refractivity contribution is -0.137. The van der Waals surface area contributed by atoms with Crippen LogP contribution in [0.25, 0.3) is 0 Å². The van der Waals surface area contributed by atoms with Gasteiger partial charge in [-0.25, -0.2) is 9.78 Å². The van der Waals surface area contributed by atoms with Crippen molar-refractivity contribution in [2.75, 3.05) is 5.32 Å². The highest BCUT2D eigenvalue weighted by molar-refractivity contribution is 6.33. The largest absolute Gasteiger partial charge is 0.456 e. The molecule has 1 aromatic heterocycles. The lowest BCUT2D eigenvalue weighted by Crippen LogP contribution is -2.34. The van der Waals surface area contributed by atoms with Gasteiger partial charge in [0, 0.05) is 11.9 Å². The van der Waals surface area contributed by atoms with Gasteiger partial charge in [0.2, 0.25) is 0 Å². The van der Waals surface area contributed by atoms with Gasteiger partial charge in [-0.2, -0.15) is 13.2 Å². The number of nitrogens with one attached hydrogen (secondary N) is 2. The number of amides is 3. The number of halogens is 5. The number of nitrogens with zero attached hydrogens (tertiary/aromatic N) is 1. The normalized spacial score (nSPS) is 11.0. The fraction of sp³-hybridized carbons (Fsp3) is 0.0500. The molecule has 0 aliphatic rings. The van der Waals surface area contributed by atoms with E-state index in [1.807, 2.05) is 0 Å². The number of urea groups is 1. The molecule has 6 nitrogen and oxygen atoms in total. The summed E-state index contributed by atoms with van der Waals surface area (Å²) in [6.07, 6.45) is -3.11. The van der Waals surface area contributed by atoms with E-state index in [4.69, 9.17) is 27.9 Å². The smallest absolute Gasteiger partial charge is 0.416 e. The number of rotatable bonds is 4. The third-order valence-corrected chi connectivity index (χ3v) is 4.43. The fourth-order valence-corrected chi connectivity index (χ4v) is 2.81.